The van der Waals surface area contributed by atoms with Crippen LogP contribution in [0.1, 0.15) is 17.4 Å². The number of hydrogen-bond donors (Lipinski definition) is 1. The van der Waals surface area contributed by atoms with E-state index in [0.29, 0.717) is 5.88 Å². The van der Waals surface area contributed by atoms with E-state index in [-0.39, 0.29) is 0 Å². The molecule has 21 heavy (non-hydrogen) atoms. The number of para-hydroxylation sites is 1. The predicted molar refractivity (Wildman–Crippen MR) is 86.1 cm³/mol. The van der Waals surface area contributed by atoms with Crippen molar-refractivity contribution in [1.29, 1.82) is 0 Å². The van der Waals surface area contributed by atoms with Crippen molar-refractivity contribution in [1.82, 2.24) is 15.3 Å². The van der Waals surface area contributed by atoms with Crippen LogP contribution in [0.25, 0.3) is 10.2 Å². The van der Waals surface area contributed by atoms with E-state index < -0.39 is 0 Å². The maximum atomic E-state index is 6.05. The third-order valence-corrected chi connectivity index (χ3v) is 4.43. The molecule has 0 aliphatic heterocycles. The van der Waals surface area contributed by atoms with Gasteiger partial charge in [0.05, 0.1) is 5.39 Å². The first-order valence-corrected chi connectivity index (χ1v) is 7.77. The van der Waals surface area contributed by atoms with Gasteiger partial charge in [0.25, 0.3) is 0 Å². The minimum atomic E-state index is 0.625. The van der Waals surface area contributed by atoms with E-state index in [1.807, 2.05) is 25.2 Å². The van der Waals surface area contributed by atoms with Crippen molar-refractivity contribution >= 4 is 21.6 Å². The molecule has 3 aromatic rings. The number of nitrogens with one attached hydrogen (secondary N) is 1. The molecule has 2 heterocycles. The molecule has 0 spiro atoms. The van der Waals surface area contributed by atoms with Crippen molar-refractivity contribution in [3.8, 4) is 11.6 Å². The lowest BCUT2D eigenvalue weighted by Gasteiger charge is -2.10. The maximum Gasteiger partial charge on any atom is 0.231 e. The average molecular weight is 299 g/mol. The summed E-state index contributed by atoms with van der Waals surface area (Å²) in [5.74, 6) is 1.45. The highest BCUT2D eigenvalue weighted by Crippen LogP contribution is 2.33. The first-order chi connectivity index (χ1) is 10.3. The lowest BCUT2D eigenvalue weighted by Crippen LogP contribution is -2.06. The highest BCUT2D eigenvalue weighted by atomic mass is 32.1. The lowest BCUT2D eigenvalue weighted by molar-refractivity contribution is 0.460. The van der Waals surface area contributed by atoms with Crippen LogP contribution in [-0.2, 0) is 13.0 Å². The van der Waals surface area contributed by atoms with Gasteiger partial charge in [0.2, 0.25) is 5.88 Å². The summed E-state index contributed by atoms with van der Waals surface area (Å²) in [6.07, 6.45) is 2.56. The van der Waals surface area contributed by atoms with Gasteiger partial charge in [-0.3, -0.25) is 0 Å². The third-order valence-electron chi connectivity index (χ3n) is 3.24. The molecule has 0 amide bonds. The van der Waals surface area contributed by atoms with Crippen LogP contribution < -0.4 is 10.1 Å². The van der Waals surface area contributed by atoms with E-state index in [4.69, 9.17) is 4.74 Å². The van der Waals surface area contributed by atoms with Crippen molar-refractivity contribution in [2.24, 2.45) is 0 Å². The van der Waals surface area contributed by atoms with Gasteiger partial charge in [-0.1, -0.05) is 25.1 Å². The van der Waals surface area contributed by atoms with Crippen LogP contribution in [0.4, 0.5) is 0 Å². The molecule has 0 saturated heterocycles. The van der Waals surface area contributed by atoms with Gasteiger partial charge < -0.3 is 10.1 Å². The molecule has 0 saturated carbocycles. The molecule has 2 aromatic heterocycles. The van der Waals surface area contributed by atoms with Gasteiger partial charge in [0.1, 0.15) is 16.9 Å². The van der Waals surface area contributed by atoms with E-state index in [0.717, 1.165) is 34.5 Å². The summed E-state index contributed by atoms with van der Waals surface area (Å²) in [6.45, 7) is 2.90. The third kappa shape index (κ3) is 2.89. The van der Waals surface area contributed by atoms with E-state index in [1.165, 1.54) is 4.88 Å². The molecule has 0 radical (unpaired) electrons. The lowest BCUT2D eigenvalue weighted by atomic mass is 10.2. The Balaban J connectivity index is 2.00. The molecular weight excluding hydrogens is 282 g/mol. The number of fused-ring (bicyclic) bond motifs is 1. The van der Waals surface area contributed by atoms with Crippen molar-refractivity contribution in [2.75, 3.05) is 7.05 Å². The number of benzene rings is 1. The number of aryl methyl sites for hydroxylation is 1. The number of ether oxygens (including phenoxy) is 1. The van der Waals surface area contributed by atoms with Crippen LogP contribution >= 0.6 is 11.3 Å². The molecule has 0 bridgehead atoms. The first kappa shape index (κ1) is 14.0. The first-order valence-electron chi connectivity index (χ1n) is 6.95. The second-order valence-electron chi connectivity index (χ2n) is 4.70. The molecule has 5 heteroatoms. The number of nitrogens with zero attached hydrogens (tertiary/aromatic N) is 2. The number of hydrogen-bond acceptors (Lipinski definition) is 5. The topological polar surface area (TPSA) is 47.0 Å². The van der Waals surface area contributed by atoms with E-state index >= 15 is 0 Å². The largest absolute Gasteiger partial charge is 0.438 e. The maximum absolute atomic E-state index is 6.05. The summed E-state index contributed by atoms with van der Waals surface area (Å²) in [5, 5.41) is 4.13. The van der Waals surface area contributed by atoms with Gasteiger partial charge in [-0.25, -0.2) is 9.97 Å². The standard InChI is InChI=1S/C16H17N3OS/c1-3-12-8-13-15(18-10-19-16(13)21-12)20-14-7-5-4-6-11(14)9-17-2/h4-8,10,17H,3,9H2,1-2H3. The summed E-state index contributed by atoms with van der Waals surface area (Å²) < 4.78 is 6.05. The van der Waals surface area contributed by atoms with Crippen LogP contribution in [0.3, 0.4) is 0 Å². The highest BCUT2D eigenvalue weighted by Gasteiger charge is 2.11. The van der Waals surface area contributed by atoms with Gasteiger partial charge in [-0.15, -0.1) is 11.3 Å². The Bertz CT molecular complexity index is 754. The minimum Gasteiger partial charge on any atom is -0.438 e. The Morgan fingerprint density at radius 2 is 2.10 bits per heavy atom. The quantitative estimate of drug-likeness (QED) is 0.779. The number of rotatable bonds is 5. The molecule has 0 unspecified atom stereocenters. The van der Waals surface area contributed by atoms with Crippen molar-refractivity contribution < 1.29 is 4.74 Å². The minimum absolute atomic E-state index is 0.625. The predicted octanol–water partition coefficient (Wildman–Crippen LogP) is 3.77. The van der Waals surface area contributed by atoms with Crippen LogP contribution in [0.15, 0.2) is 36.7 Å². The second-order valence-corrected chi connectivity index (χ2v) is 5.82. The zero-order valence-corrected chi connectivity index (χ0v) is 12.9. The van der Waals surface area contributed by atoms with Crippen LogP contribution in [0.5, 0.6) is 11.6 Å². The highest BCUT2D eigenvalue weighted by molar-refractivity contribution is 7.18. The molecule has 4 nitrogen and oxygen atoms in total. The van der Waals surface area contributed by atoms with Crippen molar-refractivity contribution in [3.05, 3.63) is 47.1 Å². The van der Waals surface area contributed by atoms with Crippen molar-refractivity contribution in [2.45, 2.75) is 19.9 Å². The van der Waals surface area contributed by atoms with E-state index in [9.17, 15) is 0 Å². The fourth-order valence-corrected chi connectivity index (χ4v) is 3.11. The summed E-state index contributed by atoms with van der Waals surface area (Å²) in [6, 6.07) is 10.1. The van der Waals surface area contributed by atoms with Crippen LogP contribution in [0, 0.1) is 0 Å². The van der Waals surface area contributed by atoms with Crippen LogP contribution in [-0.4, -0.2) is 17.0 Å². The Labute approximate surface area is 127 Å². The second kappa shape index (κ2) is 6.20. The van der Waals surface area contributed by atoms with Crippen molar-refractivity contribution in [3.63, 3.8) is 0 Å². The van der Waals surface area contributed by atoms with Gasteiger partial charge in [-0.2, -0.15) is 0 Å². The zero-order valence-electron chi connectivity index (χ0n) is 12.1. The fourth-order valence-electron chi connectivity index (χ4n) is 2.18. The monoisotopic (exact) mass is 299 g/mol. The zero-order chi connectivity index (χ0) is 14.7. The molecule has 1 N–H and O–H groups in total. The molecule has 108 valence electrons. The summed E-state index contributed by atoms with van der Waals surface area (Å²) in [5.41, 5.74) is 1.11. The Morgan fingerprint density at radius 1 is 1.24 bits per heavy atom. The molecule has 1 aromatic carbocycles. The Morgan fingerprint density at radius 3 is 2.90 bits per heavy atom. The molecule has 3 rings (SSSR count). The average Bonchev–Trinajstić information content (AvgIpc) is 2.94. The molecule has 0 atom stereocenters. The SMILES string of the molecule is CCc1cc2c(Oc3ccccc3CNC)ncnc2s1. The number of aromatic nitrogens is 2. The molecular formula is C16H17N3OS. The summed E-state index contributed by atoms with van der Waals surface area (Å²) in [7, 11) is 1.92. The molecule has 0 fully saturated rings. The van der Waals surface area contributed by atoms with Gasteiger partial charge >= 0.3 is 0 Å². The van der Waals surface area contributed by atoms with Crippen LogP contribution in [0.2, 0.25) is 0 Å². The Kier molecular flexibility index (Phi) is 4.13. The van der Waals surface area contributed by atoms with E-state index in [1.54, 1.807) is 17.7 Å². The molecule has 0 aliphatic rings. The fraction of sp³-hybridized carbons (Fsp3) is 0.250. The Hall–Kier alpha value is -1.98. The normalized spacial score (nSPS) is 11.0. The molecule has 0 aliphatic carbocycles. The number of thiophene rings is 1. The van der Waals surface area contributed by atoms with Gasteiger partial charge in [0.15, 0.2) is 0 Å². The smallest absolute Gasteiger partial charge is 0.231 e. The van der Waals surface area contributed by atoms with Gasteiger partial charge in [-0.05, 0) is 25.6 Å². The van der Waals surface area contributed by atoms with E-state index in [2.05, 4.69) is 34.3 Å². The van der Waals surface area contributed by atoms with Gasteiger partial charge in [0, 0.05) is 17.0 Å². The summed E-state index contributed by atoms with van der Waals surface area (Å²) >= 11 is 1.69. The summed E-state index contributed by atoms with van der Waals surface area (Å²) in [4.78, 5) is 10.9.